The van der Waals surface area contributed by atoms with Gasteiger partial charge in [-0.05, 0) is 83.1 Å². The van der Waals surface area contributed by atoms with Crippen LogP contribution in [0.5, 0.6) is 5.75 Å². The standard InChI is InChI=1S/2C12H8F2NO.C11H7FN.C11H20O2.C9H6F2N2.2C9H5F2N2.C6H5NO2.3Ir/c1-16-9-4-5-15-12(7-9)10-3-2-8(13)6-11(10)14;13-9-1-2-10(11(14)6-9)12-5-8(7-16)3-4-15-12;12-10-6-2-1-5-9(10)11-7-3-4-8-13-11;1-10(2,3)8(12)7-9(13)11(4,5)6;3*10-7-2-3-9(8(11)6-7)13-5-1-4-12-13;8-6(9)5-3-1-2-4-7-5;;;/h2,4-7H,1H3;1,3-6,16H,7H2;1-4,6-8H;7H2,1-6H3;1-2,5-6H,4H2;2*1-2,4-6H;1-4H,(H,8,9);;;/q3*-1;;-2;2*-1;;;;. The van der Waals surface area contributed by atoms with Gasteiger partial charge in [-0.15, -0.1) is 97.7 Å². The summed E-state index contributed by atoms with van der Waals surface area (Å²) < 4.78 is 150. The van der Waals surface area contributed by atoms with Crippen LogP contribution in [0.3, 0.4) is 0 Å². The number of halogens is 11. The summed E-state index contributed by atoms with van der Waals surface area (Å²) in [7, 11) is 1.50. The molecule has 1 aliphatic rings. The molecule has 13 rings (SSSR count). The van der Waals surface area contributed by atoms with Gasteiger partial charge in [0.05, 0.1) is 26.0 Å². The smallest absolute Gasteiger partial charge is 0.354 e. The number of aromatic carboxylic acids is 1. The van der Waals surface area contributed by atoms with Crippen molar-refractivity contribution in [2.45, 2.75) is 54.6 Å². The molecule has 12 aromatic rings. The molecule has 6 aromatic heterocycles. The average Bonchev–Trinajstić information content (AvgIpc) is 1.82. The van der Waals surface area contributed by atoms with Crippen LogP contribution in [0.15, 0.2) is 214 Å². The van der Waals surface area contributed by atoms with E-state index in [0.29, 0.717) is 40.5 Å². The molecule has 0 spiro atoms. The molecule has 0 saturated carbocycles. The number of pyridine rings is 4. The number of aliphatic hydroxyl groups is 1. The Kier molecular flexibility index (Phi) is 39.2. The Morgan fingerprint density at radius 1 is 0.532 bits per heavy atom. The number of hydrogen-bond acceptors (Lipinski definition) is 11. The van der Waals surface area contributed by atoms with E-state index >= 15 is 0 Å². The number of carbonyl (C=O) groups is 3. The molecular weight excluding hydrogens is 1970 g/mol. The van der Waals surface area contributed by atoms with Crippen LogP contribution < -0.4 is 19.5 Å². The maximum Gasteiger partial charge on any atom is 0.354 e. The summed E-state index contributed by atoms with van der Waals surface area (Å²) in [5.41, 5.74) is 6.13. The van der Waals surface area contributed by atoms with Crippen LogP contribution in [0.1, 0.15) is 64.0 Å². The van der Waals surface area contributed by atoms with Crippen LogP contribution in [0, 0.1) is 111 Å². The van der Waals surface area contributed by atoms with E-state index in [2.05, 4.69) is 72.0 Å². The van der Waals surface area contributed by atoms with Gasteiger partial charge in [-0.3, -0.25) is 67.2 Å². The molecule has 6 aromatic carbocycles. The molecule has 577 valence electrons. The Hall–Kier alpha value is -10.4. The van der Waals surface area contributed by atoms with E-state index in [1.807, 2.05) is 47.6 Å². The molecule has 0 atom stereocenters. The number of rotatable bonds is 11. The SMILES string of the molecule is CC(C)(C)C(=O)CC(=O)C(C)(C)C.COc1ccnc(-c2[c-]cc(F)cc2F)c1.Fc1c[c-]c(-[n+]2ccc[n-]2)c(F)c1.Fc1c[c-]c(-n2cccn2)c(F)c1.Fc1c[c-]c(N2C=CC[N-]2)c(F)c1.Fc1ccc[c-]c1-c1ccccn1.O=C(O)c1ccccn1.OCc1ccnc(-c2[c-]cc(F)cc2F)c1.[Ir].[Ir].[Ir]. The fourth-order valence-electron chi connectivity index (χ4n) is 8.07. The number of carboxylic acid groups (broad SMARTS) is 1. The number of anilines is 1. The van der Waals surface area contributed by atoms with Gasteiger partial charge in [-0.2, -0.15) is 17.2 Å². The molecule has 30 heteroatoms. The van der Waals surface area contributed by atoms with Crippen molar-refractivity contribution in [2.75, 3.05) is 18.7 Å². The fraction of sp³-hybridized carbons (Fsp3) is 0.152. The summed E-state index contributed by atoms with van der Waals surface area (Å²) in [5.74, 6) is -7.38. The fourth-order valence-corrected chi connectivity index (χ4v) is 8.07. The Bertz CT molecular complexity index is 4640. The van der Waals surface area contributed by atoms with Crippen LogP contribution in [0.2, 0.25) is 0 Å². The van der Waals surface area contributed by atoms with Gasteiger partial charge in [-0.1, -0.05) is 112 Å². The molecule has 109 heavy (non-hydrogen) atoms. The first-order valence-corrected chi connectivity index (χ1v) is 31.3. The minimum Gasteiger partial charge on any atom is -0.562 e. The van der Waals surface area contributed by atoms with E-state index in [4.69, 9.17) is 14.9 Å². The van der Waals surface area contributed by atoms with Crippen molar-refractivity contribution in [1.82, 2.24) is 34.8 Å². The predicted octanol–water partition coefficient (Wildman–Crippen LogP) is 16.6. The number of aromatic nitrogens is 8. The summed E-state index contributed by atoms with van der Waals surface area (Å²) in [6, 6.07) is 49.0. The number of Topliss-reactive ketones (excluding diaryl/α,β-unsaturated/α-hetero) is 2. The zero-order chi connectivity index (χ0) is 77.5. The van der Waals surface area contributed by atoms with Gasteiger partial charge >= 0.3 is 5.97 Å². The first-order chi connectivity index (χ1) is 50.4. The van der Waals surface area contributed by atoms with Crippen molar-refractivity contribution in [3.8, 4) is 50.9 Å². The molecule has 0 aliphatic carbocycles. The number of methoxy groups -OCH3 is 1. The van der Waals surface area contributed by atoms with Crippen LogP contribution in [-0.4, -0.2) is 71.1 Å². The molecule has 1 aliphatic heterocycles. The second-order valence-electron chi connectivity index (χ2n) is 23.5. The number of nitrogens with zero attached hydrogens (tertiary/aromatic N) is 10. The van der Waals surface area contributed by atoms with Crippen LogP contribution in [-0.2, 0) is 76.5 Å². The molecule has 3 radical (unpaired) electrons. The Morgan fingerprint density at radius 2 is 1.05 bits per heavy atom. The van der Waals surface area contributed by atoms with Crippen molar-refractivity contribution in [3.05, 3.63) is 331 Å². The summed E-state index contributed by atoms with van der Waals surface area (Å²) in [5, 5.41) is 26.2. The van der Waals surface area contributed by atoms with E-state index in [-0.39, 0.29) is 125 Å². The zero-order valence-electron chi connectivity index (χ0n) is 58.5. The van der Waals surface area contributed by atoms with Gasteiger partial charge in [0.15, 0.2) is 6.20 Å². The molecular formula is C79H64F11Ir3N10O6-7. The topological polar surface area (TPSA) is 206 Å². The molecule has 0 bridgehead atoms. The van der Waals surface area contributed by atoms with Crippen molar-refractivity contribution in [1.29, 1.82) is 0 Å². The zero-order valence-corrected chi connectivity index (χ0v) is 65.7. The van der Waals surface area contributed by atoms with E-state index < -0.39 is 75.0 Å². The van der Waals surface area contributed by atoms with Crippen molar-refractivity contribution >= 4 is 23.2 Å². The third-order valence-electron chi connectivity index (χ3n) is 13.6. The number of ketones is 2. The largest absolute Gasteiger partial charge is 0.562 e. The number of carboxylic acids is 1. The second-order valence-corrected chi connectivity index (χ2v) is 23.5. The Balaban J connectivity index is 0.000000323. The predicted molar refractivity (Wildman–Crippen MR) is 370 cm³/mol. The van der Waals surface area contributed by atoms with E-state index in [9.17, 15) is 62.7 Å². The van der Waals surface area contributed by atoms with Gasteiger partial charge in [0.25, 0.3) is 0 Å². The summed E-state index contributed by atoms with van der Waals surface area (Å²) in [4.78, 5) is 48.7. The normalized spacial score (nSPS) is 10.8. The maximum absolute atomic E-state index is 13.4. The molecule has 7 heterocycles. The van der Waals surface area contributed by atoms with Crippen LogP contribution in [0.4, 0.5) is 54.0 Å². The quantitative estimate of drug-likeness (QED) is 0.0536. The number of aliphatic hydroxyl groups excluding tert-OH is 1. The monoisotopic (exact) mass is 2040 g/mol. The van der Waals surface area contributed by atoms with Crippen molar-refractivity contribution < 1.29 is 143 Å². The van der Waals surface area contributed by atoms with Crippen LogP contribution >= 0.6 is 0 Å². The van der Waals surface area contributed by atoms with Crippen LogP contribution in [0.25, 0.3) is 50.6 Å². The van der Waals surface area contributed by atoms with E-state index in [1.54, 1.807) is 97.6 Å². The number of ether oxygens (including phenoxy) is 1. The number of carbonyl (C=O) groups excluding carboxylic acids is 2. The van der Waals surface area contributed by atoms with E-state index in [0.717, 1.165) is 60.7 Å². The average molecular weight is 2040 g/mol. The first-order valence-electron chi connectivity index (χ1n) is 31.3. The molecule has 16 nitrogen and oxygen atoms in total. The molecule has 0 amide bonds. The van der Waals surface area contributed by atoms with Gasteiger partial charge in [-0.25, -0.2) is 9.78 Å². The van der Waals surface area contributed by atoms with Gasteiger partial charge in [0, 0.05) is 166 Å². The van der Waals surface area contributed by atoms with Crippen molar-refractivity contribution in [2.24, 2.45) is 10.8 Å². The summed E-state index contributed by atoms with van der Waals surface area (Å²) in [6.45, 7) is 11.4. The van der Waals surface area contributed by atoms with E-state index in [1.165, 1.54) is 70.7 Å². The Labute approximate surface area is 661 Å². The summed E-state index contributed by atoms with van der Waals surface area (Å²) in [6.07, 6.45) is 15.6. The summed E-state index contributed by atoms with van der Waals surface area (Å²) >= 11 is 0. The molecule has 2 N–H and O–H groups in total. The second kappa shape index (κ2) is 46.1. The van der Waals surface area contributed by atoms with Gasteiger partial charge < -0.3 is 45.4 Å². The van der Waals surface area contributed by atoms with Gasteiger partial charge in [0.2, 0.25) is 0 Å². The number of benzene rings is 6. The molecule has 0 unspecified atom stereocenters. The third-order valence-corrected chi connectivity index (χ3v) is 13.6. The number of hydrogen-bond donors (Lipinski definition) is 2. The third kappa shape index (κ3) is 30.6. The van der Waals surface area contributed by atoms with Crippen molar-refractivity contribution in [3.63, 3.8) is 0 Å². The van der Waals surface area contributed by atoms with Gasteiger partial charge in [0.1, 0.15) is 28.7 Å². The molecule has 0 fully saturated rings. The molecule has 0 saturated heterocycles. The Morgan fingerprint density at radius 3 is 1.49 bits per heavy atom. The minimum atomic E-state index is -0.990. The first kappa shape index (κ1) is 92.8. The minimum absolute atomic E-state index is 0. The maximum atomic E-state index is 13.4.